The zero-order valence-corrected chi connectivity index (χ0v) is 15.8. The highest BCUT2D eigenvalue weighted by Crippen LogP contribution is 2.30. The molecular weight excluding hydrogens is 368 g/mol. The largest absolute Gasteiger partial charge is 0.360 e. The second-order valence-electron chi connectivity index (χ2n) is 5.41. The highest BCUT2D eigenvalue weighted by atomic mass is 32.2. The standard InChI is InChI=1S/C18H16N4S3/c1-4-13-6-2-9-19-16(13)14(5-1)12-24-18-22-21-17(25-18)20-10-8-15-7-3-11-23-15/h1-7,9,11H,8,10,12H2,(H,20,21). The number of thiophene rings is 1. The Morgan fingerprint density at radius 2 is 2.00 bits per heavy atom. The van der Waals surface area contributed by atoms with Gasteiger partial charge in [-0.3, -0.25) is 4.98 Å². The minimum Gasteiger partial charge on any atom is -0.360 e. The molecule has 0 atom stereocenters. The maximum Gasteiger partial charge on any atom is 0.206 e. The molecule has 3 heterocycles. The molecule has 7 heteroatoms. The Kier molecular flexibility index (Phi) is 5.25. The van der Waals surface area contributed by atoms with Gasteiger partial charge in [0.2, 0.25) is 5.13 Å². The van der Waals surface area contributed by atoms with E-state index in [1.807, 2.05) is 12.3 Å². The topological polar surface area (TPSA) is 50.7 Å². The fourth-order valence-electron chi connectivity index (χ4n) is 2.51. The summed E-state index contributed by atoms with van der Waals surface area (Å²) in [5.74, 6) is 0.845. The lowest BCUT2D eigenvalue weighted by molar-refractivity contribution is 0.980. The van der Waals surface area contributed by atoms with Crippen LogP contribution in [0, 0.1) is 0 Å². The van der Waals surface area contributed by atoms with Gasteiger partial charge in [0, 0.05) is 28.8 Å². The molecule has 0 aliphatic carbocycles. The number of nitrogens with one attached hydrogen (secondary N) is 1. The predicted molar refractivity (Wildman–Crippen MR) is 108 cm³/mol. The molecular formula is C18H16N4S3. The van der Waals surface area contributed by atoms with Crippen molar-refractivity contribution in [2.45, 2.75) is 16.5 Å². The Hall–Kier alpha value is -1.96. The number of hydrogen-bond donors (Lipinski definition) is 1. The minimum atomic E-state index is 0.845. The fraction of sp³-hybridized carbons (Fsp3) is 0.167. The van der Waals surface area contributed by atoms with E-state index in [0.29, 0.717) is 0 Å². The Balaban J connectivity index is 1.34. The van der Waals surface area contributed by atoms with Crippen molar-refractivity contribution in [2.75, 3.05) is 11.9 Å². The monoisotopic (exact) mass is 384 g/mol. The van der Waals surface area contributed by atoms with Gasteiger partial charge >= 0.3 is 0 Å². The van der Waals surface area contributed by atoms with E-state index < -0.39 is 0 Å². The number of fused-ring (bicyclic) bond motifs is 1. The van der Waals surface area contributed by atoms with E-state index in [1.54, 1.807) is 34.4 Å². The summed E-state index contributed by atoms with van der Waals surface area (Å²) in [5.41, 5.74) is 2.29. The van der Waals surface area contributed by atoms with Crippen molar-refractivity contribution in [3.8, 4) is 0 Å². The van der Waals surface area contributed by atoms with Crippen LogP contribution in [-0.2, 0) is 12.2 Å². The van der Waals surface area contributed by atoms with Gasteiger partial charge in [0.25, 0.3) is 0 Å². The Bertz CT molecular complexity index is 945. The van der Waals surface area contributed by atoms with Gasteiger partial charge in [0.1, 0.15) is 0 Å². The van der Waals surface area contributed by atoms with Crippen molar-refractivity contribution in [1.29, 1.82) is 0 Å². The predicted octanol–water partition coefficient (Wildman–Crippen LogP) is 5.09. The van der Waals surface area contributed by atoms with Gasteiger partial charge in [0.15, 0.2) is 4.34 Å². The van der Waals surface area contributed by atoms with Crippen LogP contribution in [0.15, 0.2) is 58.4 Å². The zero-order chi connectivity index (χ0) is 16.9. The Morgan fingerprint density at radius 1 is 1.04 bits per heavy atom. The summed E-state index contributed by atoms with van der Waals surface area (Å²) < 4.78 is 0.978. The lowest BCUT2D eigenvalue weighted by Gasteiger charge is -2.03. The van der Waals surface area contributed by atoms with Gasteiger partial charge in [-0.25, -0.2) is 0 Å². The molecule has 4 rings (SSSR count). The molecule has 0 saturated carbocycles. The normalized spacial score (nSPS) is 11.0. The molecule has 4 aromatic rings. The van der Waals surface area contributed by atoms with Crippen molar-refractivity contribution in [1.82, 2.24) is 15.2 Å². The van der Waals surface area contributed by atoms with Crippen LogP contribution in [0.3, 0.4) is 0 Å². The first-order valence-electron chi connectivity index (χ1n) is 7.94. The molecule has 0 unspecified atom stereocenters. The van der Waals surface area contributed by atoms with E-state index in [2.05, 4.69) is 62.3 Å². The molecule has 0 amide bonds. The molecule has 0 aliphatic heterocycles. The molecule has 25 heavy (non-hydrogen) atoms. The van der Waals surface area contributed by atoms with E-state index >= 15 is 0 Å². The number of hydrogen-bond acceptors (Lipinski definition) is 7. The van der Waals surface area contributed by atoms with Crippen molar-refractivity contribution in [2.24, 2.45) is 0 Å². The van der Waals surface area contributed by atoms with Crippen molar-refractivity contribution < 1.29 is 0 Å². The molecule has 4 nitrogen and oxygen atoms in total. The zero-order valence-electron chi connectivity index (χ0n) is 13.4. The Morgan fingerprint density at radius 3 is 2.92 bits per heavy atom. The quantitative estimate of drug-likeness (QED) is 0.450. The lowest BCUT2D eigenvalue weighted by Crippen LogP contribution is -2.03. The smallest absolute Gasteiger partial charge is 0.206 e. The summed E-state index contributed by atoms with van der Waals surface area (Å²) in [6.07, 6.45) is 2.86. The SMILES string of the molecule is c1csc(CCNc2nnc(SCc3cccc4cccnc34)s2)c1. The summed E-state index contributed by atoms with van der Waals surface area (Å²) in [6.45, 7) is 0.882. The average Bonchev–Trinajstić information content (AvgIpc) is 3.32. The van der Waals surface area contributed by atoms with Crippen molar-refractivity contribution in [3.63, 3.8) is 0 Å². The van der Waals surface area contributed by atoms with Gasteiger partial charge in [-0.1, -0.05) is 53.4 Å². The fourth-order valence-corrected chi connectivity index (χ4v) is 4.98. The molecule has 1 N–H and O–H groups in total. The number of thioether (sulfide) groups is 1. The number of pyridine rings is 1. The Labute approximate surface area is 158 Å². The number of rotatable bonds is 7. The highest BCUT2D eigenvalue weighted by Gasteiger charge is 2.07. The van der Waals surface area contributed by atoms with Gasteiger partial charge < -0.3 is 5.32 Å². The molecule has 3 aromatic heterocycles. The average molecular weight is 385 g/mol. The second kappa shape index (κ2) is 7.95. The molecule has 0 radical (unpaired) electrons. The van der Waals surface area contributed by atoms with Crippen molar-refractivity contribution in [3.05, 3.63) is 64.5 Å². The van der Waals surface area contributed by atoms with E-state index in [4.69, 9.17) is 0 Å². The first kappa shape index (κ1) is 16.5. The van der Waals surface area contributed by atoms with Crippen LogP contribution in [0.1, 0.15) is 10.4 Å². The molecule has 126 valence electrons. The van der Waals surface area contributed by atoms with Crippen LogP contribution in [0.4, 0.5) is 5.13 Å². The minimum absolute atomic E-state index is 0.845. The van der Waals surface area contributed by atoms with E-state index in [-0.39, 0.29) is 0 Å². The van der Waals surface area contributed by atoms with Gasteiger partial charge in [-0.05, 0) is 29.5 Å². The first-order valence-corrected chi connectivity index (χ1v) is 10.6. The molecule has 0 spiro atoms. The number of aromatic nitrogens is 3. The van der Waals surface area contributed by atoms with E-state index in [1.165, 1.54) is 15.8 Å². The molecule has 0 bridgehead atoms. The summed E-state index contributed by atoms with van der Waals surface area (Å²) >= 11 is 5.10. The highest BCUT2D eigenvalue weighted by molar-refractivity contribution is 8.00. The second-order valence-corrected chi connectivity index (χ2v) is 8.64. The maximum atomic E-state index is 4.51. The third kappa shape index (κ3) is 4.18. The van der Waals surface area contributed by atoms with Crippen LogP contribution in [0.2, 0.25) is 0 Å². The van der Waals surface area contributed by atoms with Gasteiger partial charge in [0.05, 0.1) is 5.52 Å². The molecule has 1 aromatic carbocycles. The van der Waals surface area contributed by atoms with Crippen molar-refractivity contribution >= 4 is 50.5 Å². The molecule has 0 aliphatic rings. The number of benzene rings is 1. The third-order valence-electron chi connectivity index (χ3n) is 3.70. The molecule has 0 saturated heterocycles. The lowest BCUT2D eigenvalue weighted by atomic mass is 10.1. The van der Waals surface area contributed by atoms with Crippen LogP contribution >= 0.6 is 34.4 Å². The van der Waals surface area contributed by atoms with E-state index in [0.717, 1.165) is 33.7 Å². The summed E-state index contributed by atoms with van der Waals surface area (Å²) in [7, 11) is 0. The van der Waals surface area contributed by atoms with Crippen LogP contribution in [0.5, 0.6) is 0 Å². The van der Waals surface area contributed by atoms with Gasteiger partial charge in [-0.15, -0.1) is 21.5 Å². The van der Waals surface area contributed by atoms with Crippen LogP contribution in [-0.4, -0.2) is 21.7 Å². The van der Waals surface area contributed by atoms with Gasteiger partial charge in [-0.2, -0.15) is 0 Å². The van der Waals surface area contributed by atoms with Crippen LogP contribution in [0.25, 0.3) is 10.9 Å². The third-order valence-corrected chi connectivity index (χ3v) is 6.70. The van der Waals surface area contributed by atoms with E-state index in [9.17, 15) is 0 Å². The number of anilines is 1. The summed E-state index contributed by atoms with van der Waals surface area (Å²) in [5, 5.41) is 16.0. The summed E-state index contributed by atoms with van der Waals surface area (Å²) in [6, 6.07) is 14.6. The number of para-hydroxylation sites is 1. The maximum absolute atomic E-state index is 4.51. The molecule has 0 fully saturated rings. The van der Waals surface area contributed by atoms with Crippen LogP contribution < -0.4 is 5.32 Å². The first-order chi connectivity index (χ1) is 12.4. The number of nitrogens with zero attached hydrogens (tertiary/aromatic N) is 3. The summed E-state index contributed by atoms with van der Waals surface area (Å²) in [4.78, 5) is 5.89.